The lowest BCUT2D eigenvalue weighted by Crippen LogP contribution is -2.34. The number of ether oxygens (including phenoxy) is 1. The highest BCUT2D eigenvalue weighted by Crippen LogP contribution is 2.31. The average Bonchev–Trinajstić information content (AvgIpc) is 3.02. The molecule has 164 valence electrons. The number of aromatic nitrogens is 3. The number of nitrogens with zero attached hydrogens (tertiary/aromatic N) is 4. The van der Waals surface area contributed by atoms with Gasteiger partial charge in [-0.15, -0.1) is 10.2 Å². The van der Waals surface area contributed by atoms with E-state index in [1.165, 1.54) is 0 Å². The van der Waals surface area contributed by atoms with Crippen LogP contribution in [-0.4, -0.2) is 50.4 Å². The highest BCUT2D eigenvalue weighted by Gasteiger charge is 2.27. The molecule has 0 aliphatic carbocycles. The van der Waals surface area contributed by atoms with Crippen molar-refractivity contribution in [1.29, 1.82) is 0 Å². The zero-order valence-electron chi connectivity index (χ0n) is 18.4. The minimum absolute atomic E-state index is 0.0194. The Kier molecular flexibility index (Phi) is 7.31. The monoisotopic (exact) mass is 415 g/mol. The fraction of sp³-hybridized carbons (Fsp3) is 0.591. The Morgan fingerprint density at radius 2 is 2.03 bits per heavy atom. The standard InChI is InChI=1S/C22H33N5O3/c1-5-19(28)23-20(15(3)4)22-25-24-18-10-11-26(12-13-27(18)22)14-16-8-7-9-17(21(16)29)30-6-2/h7-9,15,20,29H,5-6,10-14H2,1-4H3,(H,23,28)/t20-/m0/s1. The van der Waals surface area contributed by atoms with Gasteiger partial charge in [0.15, 0.2) is 17.3 Å². The summed E-state index contributed by atoms with van der Waals surface area (Å²) in [6.07, 6.45) is 1.22. The van der Waals surface area contributed by atoms with Crippen molar-refractivity contribution in [2.45, 2.75) is 59.7 Å². The number of amides is 1. The molecule has 2 aromatic rings. The van der Waals surface area contributed by atoms with Crippen LogP contribution in [0.3, 0.4) is 0 Å². The first kappa shape index (κ1) is 22.1. The van der Waals surface area contributed by atoms with Gasteiger partial charge in [0.2, 0.25) is 5.91 Å². The molecule has 2 N–H and O–H groups in total. The maximum absolute atomic E-state index is 12.0. The second-order valence-electron chi connectivity index (χ2n) is 7.99. The van der Waals surface area contributed by atoms with Gasteiger partial charge < -0.3 is 19.7 Å². The van der Waals surface area contributed by atoms with E-state index in [1.54, 1.807) is 6.07 Å². The lowest BCUT2D eigenvalue weighted by atomic mass is 10.0. The number of nitrogens with one attached hydrogen (secondary N) is 1. The fourth-order valence-electron chi connectivity index (χ4n) is 3.79. The summed E-state index contributed by atoms with van der Waals surface area (Å²) >= 11 is 0. The van der Waals surface area contributed by atoms with E-state index in [0.29, 0.717) is 25.3 Å². The largest absolute Gasteiger partial charge is 0.504 e. The molecule has 0 fully saturated rings. The van der Waals surface area contributed by atoms with E-state index in [9.17, 15) is 9.90 Å². The van der Waals surface area contributed by atoms with Gasteiger partial charge >= 0.3 is 0 Å². The smallest absolute Gasteiger partial charge is 0.220 e. The summed E-state index contributed by atoms with van der Waals surface area (Å²) in [4.78, 5) is 14.3. The van der Waals surface area contributed by atoms with Crippen LogP contribution in [0.4, 0.5) is 0 Å². The number of aromatic hydroxyl groups is 1. The molecule has 1 aromatic heterocycles. The maximum Gasteiger partial charge on any atom is 0.220 e. The molecule has 1 amide bonds. The molecule has 0 unspecified atom stereocenters. The van der Waals surface area contributed by atoms with Crippen molar-refractivity contribution in [3.05, 3.63) is 35.4 Å². The topological polar surface area (TPSA) is 92.5 Å². The summed E-state index contributed by atoms with van der Waals surface area (Å²) in [5, 5.41) is 22.5. The number of phenols is 1. The van der Waals surface area contributed by atoms with Crippen LogP contribution in [-0.2, 0) is 24.3 Å². The van der Waals surface area contributed by atoms with Gasteiger partial charge in [0.25, 0.3) is 0 Å². The van der Waals surface area contributed by atoms with Crippen LogP contribution in [0.25, 0.3) is 0 Å². The number of carbonyl (C=O) groups is 1. The quantitative estimate of drug-likeness (QED) is 0.689. The molecule has 0 bridgehead atoms. The van der Waals surface area contributed by atoms with Gasteiger partial charge in [-0.05, 0) is 18.9 Å². The molecule has 1 aliphatic heterocycles. The van der Waals surface area contributed by atoms with Crippen molar-refractivity contribution in [2.75, 3.05) is 19.7 Å². The number of benzene rings is 1. The van der Waals surface area contributed by atoms with Crippen molar-refractivity contribution in [1.82, 2.24) is 25.0 Å². The zero-order valence-corrected chi connectivity index (χ0v) is 18.4. The SMILES string of the molecule is CCOc1cccc(CN2CCc3nnc([C@@H](NC(=O)CC)C(C)C)n3CC2)c1O. The molecule has 0 radical (unpaired) electrons. The van der Waals surface area contributed by atoms with Gasteiger partial charge in [0, 0.05) is 44.6 Å². The van der Waals surface area contributed by atoms with Gasteiger partial charge in [0.1, 0.15) is 5.82 Å². The molecular formula is C22H33N5O3. The first-order valence-corrected chi connectivity index (χ1v) is 10.8. The molecule has 1 aromatic carbocycles. The molecular weight excluding hydrogens is 382 g/mol. The highest BCUT2D eigenvalue weighted by atomic mass is 16.5. The van der Waals surface area contributed by atoms with Crippen molar-refractivity contribution < 1.29 is 14.6 Å². The third-order valence-electron chi connectivity index (χ3n) is 5.51. The summed E-state index contributed by atoms with van der Waals surface area (Å²) in [5.74, 6) is 2.74. The van der Waals surface area contributed by atoms with E-state index in [1.807, 2.05) is 26.0 Å². The van der Waals surface area contributed by atoms with Crippen molar-refractivity contribution >= 4 is 5.91 Å². The van der Waals surface area contributed by atoms with Gasteiger partial charge in [-0.3, -0.25) is 9.69 Å². The molecule has 0 spiro atoms. The van der Waals surface area contributed by atoms with E-state index < -0.39 is 0 Å². The van der Waals surface area contributed by atoms with Crippen LogP contribution in [0.1, 0.15) is 57.4 Å². The van der Waals surface area contributed by atoms with Crippen molar-refractivity contribution in [2.24, 2.45) is 5.92 Å². The van der Waals surface area contributed by atoms with Crippen molar-refractivity contribution in [3.63, 3.8) is 0 Å². The molecule has 8 heteroatoms. The van der Waals surface area contributed by atoms with E-state index in [2.05, 4.69) is 38.8 Å². The second kappa shape index (κ2) is 9.93. The van der Waals surface area contributed by atoms with Crippen LogP contribution < -0.4 is 10.1 Å². The highest BCUT2D eigenvalue weighted by molar-refractivity contribution is 5.75. The summed E-state index contributed by atoms with van der Waals surface area (Å²) in [6.45, 7) is 11.5. The Balaban J connectivity index is 1.74. The minimum Gasteiger partial charge on any atom is -0.504 e. The average molecular weight is 416 g/mol. The number of hydrogen-bond acceptors (Lipinski definition) is 6. The molecule has 0 saturated heterocycles. The molecule has 1 atom stereocenters. The molecule has 30 heavy (non-hydrogen) atoms. The van der Waals surface area contributed by atoms with Gasteiger partial charge in [-0.1, -0.05) is 32.9 Å². The lowest BCUT2D eigenvalue weighted by molar-refractivity contribution is -0.121. The van der Waals surface area contributed by atoms with Crippen LogP contribution in [0, 0.1) is 5.92 Å². The van der Waals surface area contributed by atoms with Gasteiger partial charge in [-0.2, -0.15) is 0 Å². The Bertz CT molecular complexity index is 864. The van der Waals surface area contributed by atoms with Crippen LogP contribution in [0.15, 0.2) is 18.2 Å². The molecule has 1 aliphatic rings. The fourth-order valence-corrected chi connectivity index (χ4v) is 3.79. The number of phenolic OH excluding ortho intramolecular Hbond substituents is 1. The summed E-state index contributed by atoms with van der Waals surface area (Å²) in [5.41, 5.74) is 0.856. The Morgan fingerprint density at radius 1 is 1.23 bits per heavy atom. The van der Waals surface area contributed by atoms with Crippen LogP contribution in [0.5, 0.6) is 11.5 Å². The normalized spacial score (nSPS) is 15.5. The van der Waals surface area contributed by atoms with E-state index in [-0.39, 0.29) is 23.6 Å². The number of rotatable bonds is 8. The Hall–Kier alpha value is -2.61. The molecule has 0 saturated carbocycles. The predicted molar refractivity (Wildman–Crippen MR) is 114 cm³/mol. The summed E-state index contributed by atoms with van der Waals surface area (Å²) in [6, 6.07) is 5.48. The number of carbonyl (C=O) groups excluding carboxylic acids is 1. The summed E-state index contributed by atoms with van der Waals surface area (Å²) in [7, 11) is 0. The van der Waals surface area contributed by atoms with E-state index in [4.69, 9.17) is 4.74 Å². The Morgan fingerprint density at radius 3 is 2.73 bits per heavy atom. The van der Waals surface area contributed by atoms with Crippen LogP contribution in [0.2, 0.25) is 0 Å². The first-order valence-electron chi connectivity index (χ1n) is 10.8. The molecule has 3 rings (SSSR count). The van der Waals surface area contributed by atoms with Crippen molar-refractivity contribution in [3.8, 4) is 11.5 Å². The zero-order chi connectivity index (χ0) is 21.7. The van der Waals surface area contributed by atoms with Gasteiger partial charge in [0.05, 0.1) is 12.6 Å². The molecule has 2 heterocycles. The van der Waals surface area contributed by atoms with Gasteiger partial charge in [-0.25, -0.2) is 0 Å². The third kappa shape index (κ3) is 4.92. The minimum atomic E-state index is -0.155. The second-order valence-corrected chi connectivity index (χ2v) is 7.99. The van der Waals surface area contributed by atoms with E-state index in [0.717, 1.165) is 43.3 Å². The predicted octanol–water partition coefficient (Wildman–Crippen LogP) is 2.66. The van der Waals surface area contributed by atoms with Crippen LogP contribution >= 0.6 is 0 Å². The number of fused-ring (bicyclic) bond motifs is 1. The Labute approximate surface area is 178 Å². The number of hydrogen-bond donors (Lipinski definition) is 2. The molecule has 8 nitrogen and oxygen atoms in total. The van der Waals surface area contributed by atoms with E-state index >= 15 is 0 Å². The number of para-hydroxylation sites is 1. The lowest BCUT2D eigenvalue weighted by Gasteiger charge is -2.23. The first-order chi connectivity index (χ1) is 14.4. The third-order valence-corrected chi connectivity index (χ3v) is 5.51. The summed E-state index contributed by atoms with van der Waals surface area (Å²) < 4.78 is 7.66. The maximum atomic E-state index is 12.0.